The van der Waals surface area contributed by atoms with E-state index in [1.165, 1.54) is 16.8 Å². The maximum Gasteiger partial charge on any atom is 0.170 e. The first kappa shape index (κ1) is 14.5. The molecule has 0 spiro atoms. The summed E-state index contributed by atoms with van der Waals surface area (Å²) in [6.45, 7) is 8.18. The summed E-state index contributed by atoms with van der Waals surface area (Å²) >= 11 is 0. The molecule has 0 saturated heterocycles. The van der Waals surface area contributed by atoms with E-state index in [4.69, 9.17) is 5.73 Å². The number of rotatable bonds is 3. The Morgan fingerprint density at radius 2 is 1.64 bits per heavy atom. The van der Waals surface area contributed by atoms with Crippen LogP contribution in [-0.2, 0) is 12.8 Å². The van der Waals surface area contributed by atoms with Crippen LogP contribution in [0.15, 0.2) is 18.2 Å². The molecule has 0 bridgehead atoms. The van der Waals surface area contributed by atoms with Gasteiger partial charge in [0, 0.05) is 0 Å². The molecular weight excluding hydrogens is 274 g/mol. The minimum absolute atomic E-state index is 0.441. The molecule has 22 heavy (non-hydrogen) atoms. The van der Waals surface area contributed by atoms with Gasteiger partial charge in [-0.25, -0.2) is 15.0 Å². The van der Waals surface area contributed by atoms with E-state index in [9.17, 15) is 0 Å². The quantitative estimate of drug-likeness (QED) is 0.806. The van der Waals surface area contributed by atoms with Crippen LogP contribution in [0.4, 0.5) is 5.82 Å². The third-order valence-corrected chi connectivity index (χ3v) is 4.00. The largest absolute Gasteiger partial charge is 0.382 e. The zero-order chi connectivity index (χ0) is 15.9. The second kappa shape index (κ2) is 5.40. The number of benzene rings is 1. The molecule has 0 amide bonds. The van der Waals surface area contributed by atoms with E-state index in [1.807, 2.05) is 13.8 Å². The molecule has 2 aromatic heterocycles. The standard InChI is InChI=1S/C17H21N5/c1-5-12-8-7-9-13(6-2)15(12)22-11(4)21-14-16(18)19-10(3)20-17(14)22/h7-9H,5-6H2,1-4H3,(H2,18,19,20). The van der Waals surface area contributed by atoms with Crippen molar-refractivity contribution in [3.05, 3.63) is 41.0 Å². The molecule has 5 nitrogen and oxygen atoms in total. The number of nitrogens with two attached hydrogens (primary N) is 1. The Kier molecular flexibility index (Phi) is 3.56. The molecule has 2 N–H and O–H groups in total. The molecule has 0 aliphatic carbocycles. The average molecular weight is 295 g/mol. The van der Waals surface area contributed by atoms with E-state index in [0.717, 1.165) is 24.3 Å². The van der Waals surface area contributed by atoms with Crippen molar-refractivity contribution >= 4 is 17.0 Å². The molecule has 2 heterocycles. The van der Waals surface area contributed by atoms with Crippen LogP contribution in [0.1, 0.15) is 36.6 Å². The Morgan fingerprint density at radius 3 is 2.23 bits per heavy atom. The highest BCUT2D eigenvalue weighted by atomic mass is 15.2. The highest BCUT2D eigenvalue weighted by Crippen LogP contribution is 2.28. The molecule has 0 saturated carbocycles. The molecule has 0 atom stereocenters. The zero-order valence-electron chi connectivity index (χ0n) is 13.5. The summed E-state index contributed by atoms with van der Waals surface area (Å²) in [6.07, 6.45) is 1.92. The van der Waals surface area contributed by atoms with Crippen molar-refractivity contribution in [1.82, 2.24) is 19.5 Å². The molecule has 3 rings (SSSR count). The number of para-hydroxylation sites is 1. The minimum atomic E-state index is 0.441. The number of nitrogen functional groups attached to an aromatic ring is 1. The first-order chi connectivity index (χ1) is 10.6. The Morgan fingerprint density at radius 1 is 1.00 bits per heavy atom. The van der Waals surface area contributed by atoms with Crippen molar-refractivity contribution in [2.75, 3.05) is 5.73 Å². The monoisotopic (exact) mass is 295 g/mol. The second-order valence-electron chi connectivity index (χ2n) is 5.45. The highest BCUT2D eigenvalue weighted by molar-refractivity contribution is 5.84. The summed E-state index contributed by atoms with van der Waals surface area (Å²) in [4.78, 5) is 13.4. The lowest BCUT2D eigenvalue weighted by Crippen LogP contribution is -2.07. The van der Waals surface area contributed by atoms with Gasteiger partial charge in [-0.15, -0.1) is 0 Å². The number of hydrogen-bond acceptors (Lipinski definition) is 4. The molecule has 0 aliphatic heterocycles. The number of nitrogens with zero attached hydrogens (tertiary/aromatic N) is 4. The van der Waals surface area contributed by atoms with Gasteiger partial charge in [-0.2, -0.15) is 0 Å². The van der Waals surface area contributed by atoms with Gasteiger partial charge in [-0.3, -0.25) is 4.57 Å². The number of imidazole rings is 1. The normalized spacial score (nSPS) is 11.3. The van der Waals surface area contributed by atoms with Gasteiger partial charge >= 0.3 is 0 Å². The lowest BCUT2D eigenvalue weighted by Gasteiger charge is -2.16. The van der Waals surface area contributed by atoms with Crippen molar-refractivity contribution < 1.29 is 0 Å². The van der Waals surface area contributed by atoms with Crippen molar-refractivity contribution in [1.29, 1.82) is 0 Å². The van der Waals surface area contributed by atoms with E-state index in [-0.39, 0.29) is 0 Å². The van der Waals surface area contributed by atoms with Gasteiger partial charge in [0.05, 0.1) is 5.69 Å². The molecule has 1 aromatic carbocycles. The Hall–Kier alpha value is -2.43. The van der Waals surface area contributed by atoms with Crippen LogP contribution in [0.5, 0.6) is 0 Å². The first-order valence-corrected chi connectivity index (χ1v) is 7.67. The summed E-state index contributed by atoms with van der Waals surface area (Å²) in [5, 5.41) is 0. The lowest BCUT2D eigenvalue weighted by molar-refractivity contribution is 0.924. The molecular formula is C17H21N5. The third kappa shape index (κ3) is 2.13. The smallest absolute Gasteiger partial charge is 0.170 e. The van der Waals surface area contributed by atoms with Crippen LogP contribution >= 0.6 is 0 Å². The predicted octanol–water partition coefficient (Wildman–Crippen LogP) is 3.14. The third-order valence-electron chi connectivity index (χ3n) is 4.00. The van der Waals surface area contributed by atoms with Gasteiger partial charge < -0.3 is 5.73 Å². The fourth-order valence-electron chi connectivity index (χ4n) is 2.97. The van der Waals surface area contributed by atoms with Gasteiger partial charge in [-0.05, 0) is 37.8 Å². The van der Waals surface area contributed by atoms with Gasteiger partial charge in [0.1, 0.15) is 11.6 Å². The van der Waals surface area contributed by atoms with E-state index in [1.54, 1.807) is 0 Å². The fraction of sp³-hybridized carbons (Fsp3) is 0.353. The van der Waals surface area contributed by atoms with E-state index in [2.05, 4.69) is 51.6 Å². The van der Waals surface area contributed by atoms with E-state index in [0.29, 0.717) is 17.2 Å². The Balaban J connectivity index is 2.43. The first-order valence-electron chi connectivity index (χ1n) is 7.67. The fourth-order valence-corrected chi connectivity index (χ4v) is 2.97. The molecule has 3 aromatic rings. The SMILES string of the molecule is CCc1cccc(CC)c1-n1c(C)nc2c(N)nc(C)nc21. The van der Waals surface area contributed by atoms with Gasteiger partial charge in [0.2, 0.25) is 0 Å². The second-order valence-corrected chi connectivity index (χ2v) is 5.45. The summed E-state index contributed by atoms with van der Waals surface area (Å²) in [5.41, 5.74) is 11.3. The van der Waals surface area contributed by atoms with Crippen LogP contribution in [0.3, 0.4) is 0 Å². The summed E-state index contributed by atoms with van der Waals surface area (Å²) in [7, 11) is 0. The molecule has 114 valence electrons. The summed E-state index contributed by atoms with van der Waals surface area (Å²) < 4.78 is 2.12. The number of hydrogen-bond donors (Lipinski definition) is 1. The van der Waals surface area contributed by atoms with Crippen molar-refractivity contribution in [3.63, 3.8) is 0 Å². The Bertz CT molecular complexity index is 826. The molecule has 5 heteroatoms. The maximum absolute atomic E-state index is 6.03. The Labute approximate surface area is 130 Å². The molecule has 0 unspecified atom stereocenters. The van der Waals surface area contributed by atoms with Crippen LogP contribution in [0, 0.1) is 13.8 Å². The van der Waals surface area contributed by atoms with Crippen molar-refractivity contribution in [2.24, 2.45) is 0 Å². The summed E-state index contributed by atoms with van der Waals surface area (Å²) in [5.74, 6) is 1.99. The highest BCUT2D eigenvalue weighted by Gasteiger charge is 2.18. The minimum Gasteiger partial charge on any atom is -0.382 e. The average Bonchev–Trinajstić information content (AvgIpc) is 2.82. The van der Waals surface area contributed by atoms with Crippen LogP contribution < -0.4 is 5.73 Å². The zero-order valence-corrected chi connectivity index (χ0v) is 13.5. The topological polar surface area (TPSA) is 69.6 Å². The molecule has 0 radical (unpaired) electrons. The number of fused-ring (bicyclic) bond motifs is 1. The van der Waals surface area contributed by atoms with Crippen LogP contribution in [0.2, 0.25) is 0 Å². The lowest BCUT2D eigenvalue weighted by atomic mass is 10.0. The van der Waals surface area contributed by atoms with E-state index < -0.39 is 0 Å². The van der Waals surface area contributed by atoms with Crippen molar-refractivity contribution in [3.8, 4) is 5.69 Å². The number of anilines is 1. The molecule has 0 fully saturated rings. The van der Waals surface area contributed by atoms with Crippen LogP contribution in [0.25, 0.3) is 16.9 Å². The maximum atomic E-state index is 6.03. The predicted molar refractivity (Wildman–Crippen MR) is 89.3 cm³/mol. The van der Waals surface area contributed by atoms with Gasteiger partial charge in [0.15, 0.2) is 17.0 Å². The molecule has 0 aliphatic rings. The number of aryl methyl sites for hydroxylation is 4. The van der Waals surface area contributed by atoms with Gasteiger partial charge in [-0.1, -0.05) is 32.0 Å². The number of aromatic nitrogens is 4. The van der Waals surface area contributed by atoms with E-state index >= 15 is 0 Å². The van der Waals surface area contributed by atoms with Gasteiger partial charge in [0.25, 0.3) is 0 Å². The van der Waals surface area contributed by atoms with Crippen LogP contribution in [-0.4, -0.2) is 19.5 Å². The van der Waals surface area contributed by atoms with Crippen molar-refractivity contribution in [2.45, 2.75) is 40.5 Å². The summed E-state index contributed by atoms with van der Waals surface area (Å²) in [6, 6.07) is 6.44.